The molecule has 2 fully saturated rings. The van der Waals surface area contributed by atoms with E-state index in [1.165, 1.54) is 0 Å². The van der Waals surface area contributed by atoms with Crippen LogP contribution < -0.4 is 10.1 Å². The van der Waals surface area contributed by atoms with Gasteiger partial charge in [0.2, 0.25) is 11.8 Å². The molecular weight excluding hydrogens is 318 g/mol. The molecule has 1 saturated heterocycles. The van der Waals surface area contributed by atoms with Crippen LogP contribution in [0.4, 0.5) is 5.69 Å². The van der Waals surface area contributed by atoms with Gasteiger partial charge in [0, 0.05) is 31.9 Å². The van der Waals surface area contributed by atoms with Crippen LogP contribution in [0.3, 0.4) is 0 Å². The van der Waals surface area contributed by atoms with Gasteiger partial charge >= 0.3 is 0 Å². The lowest BCUT2D eigenvalue weighted by Gasteiger charge is -2.35. The van der Waals surface area contributed by atoms with Gasteiger partial charge in [0.15, 0.2) is 0 Å². The molecule has 0 bridgehead atoms. The van der Waals surface area contributed by atoms with Gasteiger partial charge in [-0.05, 0) is 50.6 Å². The molecule has 1 N–H and O–H groups in total. The minimum atomic E-state index is -0.854. The molecule has 0 atom stereocenters. The number of hydrogen-bond donors (Lipinski definition) is 1. The van der Waals surface area contributed by atoms with Crippen LogP contribution in [0.25, 0.3) is 0 Å². The Labute approximate surface area is 149 Å². The predicted molar refractivity (Wildman–Crippen MR) is 96.6 cm³/mol. The highest BCUT2D eigenvalue weighted by molar-refractivity contribution is 6.13. The van der Waals surface area contributed by atoms with Gasteiger partial charge in [0.25, 0.3) is 0 Å². The highest BCUT2D eigenvalue weighted by Crippen LogP contribution is 2.48. The first-order valence-electron chi connectivity index (χ1n) is 9.15. The van der Waals surface area contributed by atoms with E-state index in [0.29, 0.717) is 38.2 Å². The molecule has 1 aliphatic heterocycles. The van der Waals surface area contributed by atoms with Crippen LogP contribution in [0.15, 0.2) is 24.3 Å². The van der Waals surface area contributed by atoms with Crippen molar-refractivity contribution in [3.05, 3.63) is 24.3 Å². The van der Waals surface area contributed by atoms with Gasteiger partial charge in [-0.1, -0.05) is 6.92 Å². The number of benzene rings is 1. The van der Waals surface area contributed by atoms with Crippen molar-refractivity contribution < 1.29 is 14.3 Å². The van der Waals surface area contributed by atoms with Crippen LogP contribution in [0, 0.1) is 5.41 Å². The van der Waals surface area contributed by atoms with Crippen LogP contribution in [-0.4, -0.2) is 60.9 Å². The van der Waals surface area contributed by atoms with Gasteiger partial charge in [-0.2, -0.15) is 0 Å². The van der Waals surface area contributed by atoms with Gasteiger partial charge in [0.05, 0.1) is 6.61 Å². The molecule has 0 radical (unpaired) electrons. The third-order valence-corrected chi connectivity index (χ3v) is 5.12. The average molecular weight is 345 g/mol. The van der Waals surface area contributed by atoms with E-state index in [1.807, 2.05) is 36.1 Å². The van der Waals surface area contributed by atoms with Crippen LogP contribution in [0.1, 0.15) is 26.7 Å². The van der Waals surface area contributed by atoms with Crippen LogP contribution >= 0.6 is 0 Å². The van der Waals surface area contributed by atoms with Gasteiger partial charge in [-0.15, -0.1) is 0 Å². The number of carbonyl (C=O) groups is 2. The fourth-order valence-corrected chi connectivity index (χ4v) is 3.28. The van der Waals surface area contributed by atoms with Crippen molar-refractivity contribution in [2.24, 2.45) is 5.41 Å². The Morgan fingerprint density at radius 2 is 1.72 bits per heavy atom. The number of hydrogen-bond acceptors (Lipinski definition) is 4. The highest BCUT2D eigenvalue weighted by Gasteiger charge is 2.58. The molecule has 0 spiro atoms. The van der Waals surface area contributed by atoms with Crippen LogP contribution in [0.2, 0.25) is 0 Å². The van der Waals surface area contributed by atoms with E-state index >= 15 is 0 Å². The largest absolute Gasteiger partial charge is 0.494 e. The van der Waals surface area contributed by atoms with E-state index in [9.17, 15) is 9.59 Å². The highest BCUT2D eigenvalue weighted by atomic mass is 16.5. The molecule has 1 heterocycles. The van der Waals surface area contributed by atoms with Crippen molar-refractivity contribution in [1.29, 1.82) is 0 Å². The maximum Gasteiger partial charge on any atom is 0.240 e. The summed E-state index contributed by atoms with van der Waals surface area (Å²) in [6.07, 6.45) is 1.28. The topological polar surface area (TPSA) is 61.9 Å². The molecule has 2 amide bonds. The number of likely N-dealkylation sites (N-methyl/N-ethyl adjacent to an activating group) is 1. The van der Waals surface area contributed by atoms with E-state index in [1.54, 1.807) is 0 Å². The van der Waals surface area contributed by atoms with E-state index in [2.05, 4.69) is 17.1 Å². The summed E-state index contributed by atoms with van der Waals surface area (Å²) in [5, 5.41) is 2.90. The Hall–Kier alpha value is -2.08. The van der Waals surface area contributed by atoms with Crippen molar-refractivity contribution in [3.8, 4) is 5.75 Å². The third kappa shape index (κ3) is 3.79. The molecule has 0 unspecified atom stereocenters. The summed E-state index contributed by atoms with van der Waals surface area (Å²) < 4.78 is 5.40. The lowest BCUT2D eigenvalue weighted by Crippen LogP contribution is -2.52. The Bertz CT molecular complexity index is 617. The summed E-state index contributed by atoms with van der Waals surface area (Å²) in [4.78, 5) is 29.8. The molecule has 1 saturated carbocycles. The van der Waals surface area contributed by atoms with Gasteiger partial charge in [-0.3, -0.25) is 9.59 Å². The first kappa shape index (κ1) is 17.7. The molecule has 1 aliphatic carbocycles. The molecule has 6 heteroatoms. The zero-order chi connectivity index (χ0) is 17.9. The second-order valence-corrected chi connectivity index (χ2v) is 6.72. The number of piperazine rings is 1. The number of nitrogens with zero attached hydrogens (tertiary/aromatic N) is 2. The zero-order valence-electron chi connectivity index (χ0n) is 15.1. The summed E-state index contributed by atoms with van der Waals surface area (Å²) in [6.45, 7) is 8.87. The monoisotopic (exact) mass is 345 g/mol. The third-order valence-electron chi connectivity index (χ3n) is 5.12. The maximum absolute atomic E-state index is 12.9. The summed E-state index contributed by atoms with van der Waals surface area (Å²) in [5.41, 5.74) is -0.157. The normalized spacial score (nSPS) is 19.4. The minimum absolute atomic E-state index is 0.00769. The van der Waals surface area contributed by atoms with Gasteiger partial charge in [0.1, 0.15) is 11.2 Å². The predicted octanol–water partition coefficient (Wildman–Crippen LogP) is 1.97. The number of rotatable bonds is 6. The summed E-state index contributed by atoms with van der Waals surface area (Å²) in [7, 11) is 0. The molecule has 1 aromatic carbocycles. The quantitative estimate of drug-likeness (QED) is 0.801. The van der Waals surface area contributed by atoms with Crippen molar-refractivity contribution in [1.82, 2.24) is 9.80 Å². The fraction of sp³-hybridized carbons (Fsp3) is 0.579. The maximum atomic E-state index is 12.9. The molecule has 6 nitrogen and oxygen atoms in total. The molecule has 2 aliphatic rings. The van der Waals surface area contributed by atoms with E-state index in [4.69, 9.17) is 4.74 Å². The second kappa shape index (κ2) is 7.44. The van der Waals surface area contributed by atoms with E-state index in [0.717, 1.165) is 25.4 Å². The lowest BCUT2D eigenvalue weighted by molar-refractivity contribution is -0.143. The van der Waals surface area contributed by atoms with E-state index in [-0.39, 0.29) is 11.8 Å². The van der Waals surface area contributed by atoms with Crippen molar-refractivity contribution in [3.63, 3.8) is 0 Å². The zero-order valence-corrected chi connectivity index (χ0v) is 15.1. The van der Waals surface area contributed by atoms with Gasteiger partial charge < -0.3 is 19.9 Å². The van der Waals surface area contributed by atoms with Crippen molar-refractivity contribution >= 4 is 17.5 Å². The molecule has 25 heavy (non-hydrogen) atoms. The molecule has 1 aromatic rings. The molecular formula is C19H27N3O3. The Morgan fingerprint density at radius 1 is 1.08 bits per heavy atom. The van der Waals surface area contributed by atoms with Crippen molar-refractivity contribution in [2.45, 2.75) is 26.7 Å². The summed E-state index contributed by atoms with van der Waals surface area (Å²) >= 11 is 0. The SMILES string of the molecule is CCOc1ccc(NC(=O)C2(C(=O)N3CCN(CC)CC3)CC2)cc1. The Balaban J connectivity index is 1.60. The number of carbonyl (C=O) groups excluding carboxylic acids is 2. The average Bonchev–Trinajstić information content (AvgIpc) is 3.45. The molecule has 136 valence electrons. The summed E-state index contributed by atoms with van der Waals surface area (Å²) in [5.74, 6) is 0.581. The lowest BCUT2D eigenvalue weighted by atomic mass is 10.0. The first-order chi connectivity index (χ1) is 12.1. The first-order valence-corrected chi connectivity index (χ1v) is 9.15. The van der Waals surface area contributed by atoms with Crippen molar-refractivity contribution in [2.75, 3.05) is 44.6 Å². The number of amides is 2. The smallest absolute Gasteiger partial charge is 0.240 e. The van der Waals surface area contributed by atoms with Gasteiger partial charge in [-0.25, -0.2) is 0 Å². The standard InChI is InChI=1S/C19H27N3O3/c1-3-21-11-13-22(14-12-21)18(24)19(9-10-19)17(23)20-15-5-7-16(8-6-15)25-4-2/h5-8H,3-4,9-14H2,1-2H3,(H,20,23). The van der Waals surface area contributed by atoms with E-state index < -0.39 is 5.41 Å². The number of ether oxygens (including phenoxy) is 1. The van der Waals surface area contributed by atoms with Crippen LogP contribution in [-0.2, 0) is 9.59 Å². The Kier molecular flexibility index (Phi) is 5.27. The van der Waals surface area contributed by atoms with Crippen LogP contribution in [0.5, 0.6) is 5.75 Å². The number of nitrogens with one attached hydrogen (secondary N) is 1. The fourth-order valence-electron chi connectivity index (χ4n) is 3.28. The molecule has 0 aromatic heterocycles. The second-order valence-electron chi connectivity index (χ2n) is 6.72. The summed E-state index contributed by atoms with van der Waals surface area (Å²) in [6, 6.07) is 7.27. The number of anilines is 1. The molecule has 3 rings (SSSR count). The minimum Gasteiger partial charge on any atom is -0.494 e. The Morgan fingerprint density at radius 3 is 2.24 bits per heavy atom.